The SMILES string of the molecule is Cc1nc(N(C)C)ncc1C(=O)N1CCCN(C(=O)c2ccoc2)CC1. The summed E-state index contributed by atoms with van der Waals surface area (Å²) in [5, 5.41) is 0. The number of furan rings is 1. The third-order valence-corrected chi connectivity index (χ3v) is 4.44. The van der Waals surface area contributed by atoms with Gasteiger partial charge in [0.1, 0.15) is 6.26 Å². The molecule has 8 heteroatoms. The average Bonchev–Trinajstić information content (AvgIpc) is 3.05. The van der Waals surface area contributed by atoms with E-state index >= 15 is 0 Å². The van der Waals surface area contributed by atoms with E-state index in [0.717, 1.165) is 6.42 Å². The third-order valence-electron chi connectivity index (χ3n) is 4.44. The topological polar surface area (TPSA) is 82.8 Å². The van der Waals surface area contributed by atoms with Crippen molar-refractivity contribution in [1.82, 2.24) is 19.8 Å². The maximum Gasteiger partial charge on any atom is 0.257 e. The second kappa shape index (κ2) is 7.55. The molecule has 0 unspecified atom stereocenters. The van der Waals surface area contributed by atoms with E-state index < -0.39 is 0 Å². The molecule has 3 heterocycles. The lowest BCUT2D eigenvalue weighted by Gasteiger charge is -2.22. The molecule has 0 N–H and O–H groups in total. The normalized spacial score (nSPS) is 14.9. The number of rotatable bonds is 3. The largest absolute Gasteiger partial charge is 0.472 e. The lowest BCUT2D eigenvalue weighted by atomic mass is 10.2. The molecule has 2 aromatic rings. The molecule has 1 saturated heterocycles. The number of carbonyl (C=O) groups is 2. The summed E-state index contributed by atoms with van der Waals surface area (Å²) >= 11 is 0. The third kappa shape index (κ3) is 3.68. The molecule has 2 amide bonds. The Hall–Kier alpha value is -2.90. The van der Waals surface area contributed by atoms with Crippen molar-refractivity contribution in [3.63, 3.8) is 0 Å². The van der Waals surface area contributed by atoms with Crippen LogP contribution in [-0.4, -0.2) is 71.9 Å². The first-order valence-corrected chi connectivity index (χ1v) is 8.59. The minimum absolute atomic E-state index is 0.0668. The zero-order valence-corrected chi connectivity index (χ0v) is 15.3. The predicted molar refractivity (Wildman–Crippen MR) is 96.2 cm³/mol. The highest BCUT2D eigenvalue weighted by atomic mass is 16.3. The van der Waals surface area contributed by atoms with Crippen LogP contribution in [-0.2, 0) is 0 Å². The molecular formula is C18H23N5O3. The quantitative estimate of drug-likeness (QED) is 0.826. The van der Waals surface area contributed by atoms with E-state index in [1.807, 2.05) is 21.0 Å². The lowest BCUT2D eigenvalue weighted by Crippen LogP contribution is -2.37. The fraction of sp³-hybridized carbons (Fsp3) is 0.444. The first kappa shape index (κ1) is 17.9. The maximum atomic E-state index is 12.9. The molecule has 0 atom stereocenters. The Morgan fingerprint density at radius 3 is 2.38 bits per heavy atom. The van der Waals surface area contributed by atoms with Crippen LogP contribution in [0.3, 0.4) is 0 Å². The highest BCUT2D eigenvalue weighted by Crippen LogP contribution is 2.15. The molecule has 138 valence electrons. The number of carbonyl (C=O) groups excluding carboxylic acids is 2. The second-order valence-electron chi connectivity index (χ2n) is 6.51. The van der Waals surface area contributed by atoms with Gasteiger partial charge in [0.2, 0.25) is 5.95 Å². The van der Waals surface area contributed by atoms with Gasteiger partial charge < -0.3 is 19.1 Å². The molecule has 0 radical (unpaired) electrons. The monoisotopic (exact) mass is 357 g/mol. The Labute approximate surface area is 152 Å². The predicted octanol–water partition coefficient (Wildman–Crippen LogP) is 1.43. The number of nitrogens with zero attached hydrogens (tertiary/aromatic N) is 5. The molecule has 0 bridgehead atoms. The van der Waals surface area contributed by atoms with Gasteiger partial charge in [-0.05, 0) is 19.4 Å². The molecule has 0 spiro atoms. The molecular weight excluding hydrogens is 334 g/mol. The molecule has 0 saturated carbocycles. The Morgan fingerprint density at radius 1 is 1.12 bits per heavy atom. The molecule has 26 heavy (non-hydrogen) atoms. The standard InChI is InChI=1S/C18H23N5O3/c1-13-15(11-19-18(20-13)21(2)3)17(25)23-7-4-6-22(8-9-23)16(24)14-5-10-26-12-14/h5,10-12H,4,6-9H2,1-3H3. The van der Waals surface area contributed by atoms with E-state index in [9.17, 15) is 9.59 Å². The Bertz CT molecular complexity index is 788. The maximum absolute atomic E-state index is 12.9. The van der Waals surface area contributed by atoms with Gasteiger partial charge in [-0.25, -0.2) is 9.97 Å². The highest BCUT2D eigenvalue weighted by Gasteiger charge is 2.25. The minimum atomic E-state index is -0.0922. The average molecular weight is 357 g/mol. The van der Waals surface area contributed by atoms with E-state index in [-0.39, 0.29) is 11.8 Å². The van der Waals surface area contributed by atoms with Crippen molar-refractivity contribution < 1.29 is 14.0 Å². The number of aryl methyl sites for hydroxylation is 1. The summed E-state index contributed by atoms with van der Waals surface area (Å²) in [4.78, 5) is 39.3. The molecule has 1 aliphatic rings. The van der Waals surface area contributed by atoms with E-state index in [1.54, 1.807) is 27.0 Å². The van der Waals surface area contributed by atoms with Crippen molar-refractivity contribution in [3.05, 3.63) is 41.6 Å². The number of aromatic nitrogens is 2. The fourth-order valence-electron chi connectivity index (χ4n) is 2.94. The van der Waals surface area contributed by atoms with Crippen LogP contribution in [0.15, 0.2) is 29.2 Å². The smallest absolute Gasteiger partial charge is 0.257 e. The second-order valence-corrected chi connectivity index (χ2v) is 6.51. The number of amides is 2. The van der Waals surface area contributed by atoms with Crippen molar-refractivity contribution in [2.24, 2.45) is 0 Å². The molecule has 3 rings (SSSR count). The van der Waals surface area contributed by atoms with E-state index in [2.05, 4.69) is 9.97 Å². The van der Waals surface area contributed by atoms with E-state index in [0.29, 0.717) is 48.9 Å². The number of hydrogen-bond donors (Lipinski definition) is 0. The van der Waals surface area contributed by atoms with E-state index in [4.69, 9.17) is 4.42 Å². The van der Waals surface area contributed by atoms with Crippen molar-refractivity contribution in [2.45, 2.75) is 13.3 Å². The summed E-state index contributed by atoms with van der Waals surface area (Å²) in [6, 6.07) is 1.66. The van der Waals surface area contributed by atoms with Gasteiger partial charge in [0.15, 0.2) is 0 Å². The van der Waals surface area contributed by atoms with Crippen LogP contribution >= 0.6 is 0 Å². The first-order chi connectivity index (χ1) is 12.5. The zero-order valence-electron chi connectivity index (χ0n) is 15.3. The van der Waals surface area contributed by atoms with Crippen molar-refractivity contribution in [3.8, 4) is 0 Å². The van der Waals surface area contributed by atoms with Crippen LogP contribution in [0.1, 0.15) is 32.8 Å². The lowest BCUT2D eigenvalue weighted by molar-refractivity contribution is 0.0717. The molecule has 0 aliphatic carbocycles. The molecule has 1 aliphatic heterocycles. The Balaban J connectivity index is 1.69. The molecule has 2 aromatic heterocycles. The Morgan fingerprint density at radius 2 is 1.81 bits per heavy atom. The summed E-state index contributed by atoms with van der Waals surface area (Å²) in [5.41, 5.74) is 1.70. The summed E-state index contributed by atoms with van der Waals surface area (Å²) < 4.78 is 4.99. The summed E-state index contributed by atoms with van der Waals surface area (Å²) in [6.45, 7) is 4.00. The van der Waals surface area contributed by atoms with Crippen molar-refractivity contribution >= 4 is 17.8 Å². The van der Waals surface area contributed by atoms with Crippen LogP contribution in [0.2, 0.25) is 0 Å². The number of anilines is 1. The zero-order chi connectivity index (χ0) is 18.7. The van der Waals surface area contributed by atoms with Gasteiger partial charge in [0, 0.05) is 46.5 Å². The van der Waals surface area contributed by atoms with Crippen LogP contribution < -0.4 is 4.90 Å². The number of hydrogen-bond acceptors (Lipinski definition) is 6. The first-order valence-electron chi connectivity index (χ1n) is 8.59. The van der Waals surface area contributed by atoms with Gasteiger partial charge >= 0.3 is 0 Å². The van der Waals surface area contributed by atoms with Crippen LogP contribution in [0.25, 0.3) is 0 Å². The molecule has 0 aromatic carbocycles. The fourth-order valence-corrected chi connectivity index (χ4v) is 2.94. The van der Waals surface area contributed by atoms with Crippen LogP contribution in [0.5, 0.6) is 0 Å². The van der Waals surface area contributed by atoms with Crippen LogP contribution in [0, 0.1) is 6.92 Å². The minimum Gasteiger partial charge on any atom is -0.472 e. The van der Waals surface area contributed by atoms with Crippen molar-refractivity contribution in [1.29, 1.82) is 0 Å². The van der Waals surface area contributed by atoms with Crippen molar-refractivity contribution in [2.75, 3.05) is 45.2 Å². The van der Waals surface area contributed by atoms with Gasteiger partial charge in [-0.2, -0.15) is 0 Å². The van der Waals surface area contributed by atoms with Crippen LogP contribution in [0.4, 0.5) is 5.95 Å². The highest BCUT2D eigenvalue weighted by molar-refractivity contribution is 5.95. The molecule has 1 fully saturated rings. The Kier molecular flexibility index (Phi) is 5.20. The van der Waals surface area contributed by atoms with Gasteiger partial charge in [-0.1, -0.05) is 0 Å². The summed E-state index contributed by atoms with van der Waals surface area (Å²) in [5.74, 6) is 0.417. The van der Waals surface area contributed by atoms with Gasteiger partial charge in [0.05, 0.1) is 23.1 Å². The van der Waals surface area contributed by atoms with Gasteiger partial charge in [-0.3, -0.25) is 9.59 Å². The summed E-state index contributed by atoms with van der Waals surface area (Å²) in [7, 11) is 3.72. The molecule has 8 nitrogen and oxygen atoms in total. The van der Waals surface area contributed by atoms with Gasteiger partial charge in [0.25, 0.3) is 11.8 Å². The van der Waals surface area contributed by atoms with Gasteiger partial charge in [-0.15, -0.1) is 0 Å². The van der Waals surface area contributed by atoms with E-state index in [1.165, 1.54) is 12.5 Å². The summed E-state index contributed by atoms with van der Waals surface area (Å²) in [6.07, 6.45) is 5.24.